The van der Waals surface area contributed by atoms with Crippen molar-refractivity contribution in [1.82, 2.24) is 5.32 Å². The van der Waals surface area contributed by atoms with Gasteiger partial charge in [0.05, 0.1) is 0 Å². The van der Waals surface area contributed by atoms with Crippen molar-refractivity contribution in [2.24, 2.45) is 0 Å². The number of nitrogens with one attached hydrogen (secondary N) is 1. The number of aryl methyl sites for hydroxylation is 3. The summed E-state index contributed by atoms with van der Waals surface area (Å²) < 4.78 is 13.7. The lowest BCUT2D eigenvalue weighted by molar-refractivity contribution is 0.527. The Labute approximate surface area is 120 Å². The maximum atomic E-state index is 13.7. The van der Waals surface area contributed by atoms with Crippen LogP contribution in [0.25, 0.3) is 0 Å². The third-order valence-electron chi connectivity index (χ3n) is 3.80. The van der Waals surface area contributed by atoms with Crippen molar-refractivity contribution in [2.75, 3.05) is 0 Å². The van der Waals surface area contributed by atoms with E-state index in [0.717, 1.165) is 12.1 Å². The summed E-state index contributed by atoms with van der Waals surface area (Å²) in [5.74, 6) is -0.148. The molecule has 1 N–H and O–H groups in total. The fraction of sp³-hybridized carbons (Fsp3) is 0.333. The van der Waals surface area contributed by atoms with E-state index in [1.807, 2.05) is 19.1 Å². The number of hydrogen-bond acceptors (Lipinski definition) is 1. The van der Waals surface area contributed by atoms with Gasteiger partial charge < -0.3 is 5.32 Å². The normalized spacial score (nSPS) is 12.4. The molecule has 0 aliphatic carbocycles. The fourth-order valence-electron chi connectivity index (χ4n) is 2.68. The molecule has 0 amide bonds. The van der Waals surface area contributed by atoms with Crippen LogP contribution in [0.5, 0.6) is 0 Å². The lowest BCUT2D eigenvalue weighted by Crippen LogP contribution is -2.20. The molecule has 0 aromatic heterocycles. The summed E-state index contributed by atoms with van der Waals surface area (Å²) in [6.45, 7) is 9.12. The van der Waals surface area contributed by atoms with E-state index in [1.165, 1.54) is 28.3 Å². The van der Waals surface area contributed by atoms with Crippen LogP contribution >= 0.6 is 0 Å². The molecule has 0 saturated heterocycles. The third kappa shape index (κ3) is 3.26. The van der Waals surface area contributed by atoms with Crippen molar-refractivity contribution in [3.8, 4) is 0 Å². The van der Waals surface area contributed by atoms with Crippen molar-refractivity contribution < 1.29 is 4.39 Å². The van der Waals surface area contributed by atoms with Crippen LogP contribution in [0, 0.1) is 26.6 Å². The largest absolute Gasteiger partial charge is 0.306 e. The molecular weight excluding hydrogens is 249 g/mol. The number of hydrogen-bond donors (Lipinski definition) is 1. The van der Waals surface area contributed by atoms with E-state index in [4.69, 9.17) is 0 Å². The summed E-state index contributed by atoms with van der Waals surface area (Å²) in [6, 6.07) is 11.3. The van der Waals surface area contributed by atoms with Gasteiger partial charge in [-0.2, -0.15) is 0 Å². The van der Waals surface area contributed by atoms with Crippen molar-refractivity contribution >= 4 is 0 Å². The molecule has 0 fully saturated rings. The molecule has 0 radical (unpaired) electrons. The maximum Gasteiger partial charge on any atom is 0.127 e. The Balaban J connectivity index is 2.12. The monoisotopic (exact) mass is 271 g/mol. The Morgan fingerprint density at radius 3 is 2.25 bits per heavy atom. The van der Waals surface area contributed by atoms with Gasteiger partial charge >= 0.3 is 0 Å². The highest BCUT2D eigenvalue weighted by atomic mass is 19.1. The van der Waals surface area contributed by atoms with Gasteiger partial charge in [0, 0.05) is 18.2 Å². The maximum absolute atomic E-state index is 13.7. The Hall–Kier alpha value is -1.67. The molecule has 2 aromatic rings. The highest BCUT2D eigenvalue weighted by Crippen LogP contribution is 2.20. The van der Waals surface area contributed by atoms with E-state index >= 15 is 0 Å². The zero-order valence-corrected chi connectivity index (χ0v) is 12.6. The summed E-state index contributed by atoms with van der Waals surface area (Å²) in [7, 11) is 0. The van der Waals surface area contributed by atoms with Crippen LogP contribution in [0.15, 0.2) is 36.4 Å². The minimum Gasteiger partial charge on any atom is -0.306 e. The molecule has 0 bridgehead atoms. The predicted octanol–water partition coefficient (Wildman–Crippen LogP) is 4.60. The van der Waals surface area contributed by atoms with Crippen LogP contribution in [0.3, 0.4) is 0 Å². The molecule has 0 aliphatic heterocycles. The zero-order valence-electron chi connectivity index (χ0n) is 12.6. The fourth-order valence-corrected chi connectivity index (χ4v) is 2.68. The van der Waals surface area contributed by atoms with Crippen molar-refractivity contribution in [1.29, 1.82) is 0 Å². The Morgan fingerprint density at radius 1 is 1.05 bits per heavy atom. The van der Waals surface area contributed by atoms with Gasteiger partial charge in [0.2, 0.25) is 0 Å². The quantitative estimate of drug-likeness (QED) is 0.856. The minimum absolute atomic E-state index is 0.00342. The van der Waals surface area contributed by atoms with E-state index < -0.39 is 0 Å². The number of halogens is 1. The van der Waals surface area contributed by atoms with Crippen LogP contribution in [0.4, 0.5) is 4.39 Å². The second-order valence-corrected chi connectivity index (χ2v) is 5.50. The zero-order chi connectivity index (χ0) is 14.7. The molecule has 1 atom stereocenters. The lowest BCUT2D eigenvalue weighted by Gasteiger charge is -2.18. The summed E-state index contributed by atoms with van der Waals surface area (Å²) in [5, 5.41) is 3.42. The SMILES string of the molecule is Cc1cc(C)c(CN[C@H](C)c2ccccc2F)c(C)c1. The molecule has 2 aromatic carbocycles. The Bertz CT molecular complexity index is 581. The summed E-state index contributed by atoms with van der Waals surface area (Å²) in [6.07, 6.45) is 0. The van der Waals surface area contributed by atoms with E-state index in [-0.39, 0.29) is 11.9 Å². The van der Waals surface area contributed by atoms with E-state index in [9.17, 15) is 4.39 Å². The molecule has 2 heteroatoms. The van der Waals surface area contributed by atoms with E-state index in [0.29, 0.717) is 0 Å². The first-order valence-corrected chi connectivity index (χ1v) is 7.03. The third-order valence-corrected chi connectivity index (χ3v) is 3.80. The predicted molar refractivity (Wildman–Crippen MR) is 82.3 cm³/mol. The average molecular weight is 271 g/mol. The van der Waals surface area contributed by atoms with Crippen LogP contribution < -0.4 is 5.32 Å². The number of rotatable bonds is 4. The van der Waals surface area contributed by atoms with Crippen LogP contribution in [0.2, 0.25) is 0 Å². The van der Waals surface area contributed by atoms with Crippen LogP contribution in [-0.2, 0) is 6.54 Å². The molecule has 2 rings (SSSR count). The Kier molecular flexibility index (Phi) is 4.56. The number of benzene rings is 2. The van der Waals surface area contributed by atoms with E-state index in [2.05, 4.69) is 38.2 Å². The first kappa shape index (κ1) is 14.7. The van der Waals surface area contributed by atoms with Gasteiger partial charge in [-0.3, -0.25) is 0 Å². The molecule has 0 spiro atoms. The van der Waals surface area contributed by atoms with Gasteiger partial charge in [-0.25, -0.2) is 4.39 Å². The second kappa shape index (κ2) is 6.19. The summed E-state index contributed by atoms with van der Waals surface area (Å²) in [5.41, 5.74) is 5.88. The molecule has 0 heterocycles. The topological polar surface area (TPSA) is 12.0 Å². The molecular formula is C18H22FN. The highest BCUT2D eigenvalue weighted by Gasteiger charge is 2.11. The molecule has 0 unspecified atom stereocenters. The van der Waals surface area contributed by atoms with Gasteiger partial charge in [0.25, 0.3) is 0 Å². The molecule has 1 nitrogen and oxygen atoms in total. The molecule has 0 saturated carbocycles. The van der Waals surface area contributed by atoms with Crippen LogP contribution in [-0.4, -0.2) is 0 Å². The van der Waals surface area contributed by atoms with Gasteiger partial charge in [0.1, 0.15) is 5.82 Å². The van der Waals surface area contributed by atoms with Gasteiger partial charge in [-0.15, -0.1) is 0 Å². The van der Waals surface area contributed by atoms with Crippen molar-refractivity contribution in [3.05, 3.63) is 70.0 Å². The van der Waals surface area contributed by atoms with Gasteiger partial charge in [0.15, 0.2) is 0 Å². The van der Waals surface area contributed by atoms with Crippen LogP contribution in [0.1, 0.15) is 40.8 Å². The molecule has 20 heavy (non-hydrogen) atoms. The first-order valence-electron chi connectivity index (χ1n) is 7.03. The standard InChI is InChI=1S/C18H22FN/c1-12-9-13(2)17(14(3)10-12)11-20-15(4)16-7-5-6-8-18(16)19/h5-10,15,20H,11H2,1-4H3/t15-/m1/s1. The highest BCUT2D eigenvalue weighted by molar-refractivity contribution is 5.37. The first-order chi connectivity index (χ1) is 9.49. The van der Waals surface area contributed by atoms with Gasteiger partial charge in [-0.05, 0) is 50.5 Å². The average Bonchev–Trinajstić information content (AvgIpc) is 2.37. The molecule has 0 aliphatic rings. The Morgan fingerprint density at radius 2 is 1.65 bits per heavy atom. The summed E-state index contributed by atoms with van der Waals surface area (Å²) in [4.78, 5) is 0. The second-order valence-electron chi connectivity index (χ2n) is 5.50. The van der Waals surface area contributed by atoms with Crippen molar-refractivity contribution in [3.63, 3.8) is 0 Å². The lowest BCUT2D eigenvalue weighted by atomic mass is 9.99. The smallest absolute Gasteiger partial charge is 0.127 e. The molecule has 106 valence electrons. The van der Waals surface area contributed by atoms with Gasteiger partial charge in [-0.1, -0.05) is 35.9 Å². The minimum atomic E-state index is -0.148. The van der Waals surface area contributed by atoms with Crippen molar-refractivity contribution in [2.45, 2.75) is 40.3 Å². The van der Waals surface area contributed by atoms with E-state index in [1.54, 1.807) is 6.07 Å². The summed E-state index contributed by atoms with van der Waals surface area (Å²) >= 11 is 0.